The molecule has 0 aliphatic carbocycles. The minimum absolute atomic E-state index is 0.0510. The third-order valence-electron chi connectivity index (χ3n) is 7.24. The number of likely N-dealkylation sites (tertiary alicyclic amines) is 1. The highest BCUT2D eigenvalue weighted by Crippen LogP contribution is 2.46. The van der Waals surface area contributed by atoms with Gasteiger partial charge in [-0.1, -0.05) is 25.4 Å². The fourth-order valence-corrected chi connectivity index (χ4v) is 6.47. The third kappa shape index (κ3) is 4.81. The molecule has 1 amide bonds. The van der Waals surface area contributed by atoms with E-state index in [0.717, 1.165) is 29.3 Å². The van der Waals surface area contributed by atoms with Crippen molar-refractivity contribution in [3.63, 3.8) is 0 Å². The fraction of sp³-hybridized carbons (Fsp3) is 0.636. The number of sulfone groups is 1. The maximum atomic E-state index is 12.8. The summed E-state index contributed by atoms with van der Waals surface area (Å²) in [6, 6.07) is 3.62. The molecule has 176 valence electrons. The summed E-state index contributed by atoms with van der Waals surface area (Å²) in [5, 5.41) is 19.8. The highest BCUT2D eigenvalue weighted by molar-refractivity contribution is 7.91. The summed E-state index contributed by atoms with van der Waals surface area (Å²) in [5.41, 5.74) is 1.12. The monoisotopic (exact) mass is 482 g/mol. The van der Waals surface area contributed by atoms with Gasteiger partial charge in [0.05, 0.1) is 35.9 Å². The van der Waals surface area contributed by atoms with Gasteiger partial charge in [0.1, 0.15) is 0 Å². The van der Waals surface area contributed by atoms with E-state index in [9.17, 15) is 18.3 Å². The lowest BCUT2D eigenvalue weighted by Gasteiger charge is -2.43. The van der Waals surface area contributed by atoms with Gasteiger partial charge < -0.3 is 10.0 Å². The van der Waals surface area contributed by atoms with Gasteiger partial charge in [0.25, 0.3) is 0 Å². The van der Waals surface area contributed by atoms with Gasteiger partial charge in [0.2, 0.25) is 5.91 Å². The van der Waals surface area contributed by atoms with Crippen LogP contribution in [0.3, 0.4) is 0 Å². The standard InChI is InChI=1S/C22H31ClN4O4S/c1-22(2,21(29)18-12-17(23)11-15-13-24-25-20(15)18)16-3-5-27(6-4-16)19(28)14-26-7-9-32(30,31)10-8-26/h11-13,16,21,29H,3-10,14H2,1-2H3,(H,24,25)/t21-/m1/s1. The average molecular weight is 483 g/mol. The molecule has 2 aliphatic heterocycles. The second kappa shape index (κ2) is 8.93. The summed E-state index contributed by atoms with van der Waals surface area (Å²) in [6.07, 6.45) is 2.58. The Labute approximate surface area is 193 Å². The Morgan fingerprint density at radius 3 is 2.56 bits per heavy atom. The first-order valence-corrected chi connectivity index (χ1v) is 13.3. The number of aliphatic hydroxyl groups is 1. The normalized spacial score (nSPS) is 21.7. The van der Waals surface area contributed by atoms with E-state index < -0.39 is 21.4 Å². The predicted molar refractivity (Wildman–Crippen MR) is 124 cm³/mol. The Morgan fingerprint density at radius 1 is 1.25 bits per heavy atom. The fourth-order valence-electron chi connectivity index (χ4n) is 4.96. The van der Waals surface area contributed by atoms with Crippen LogP contribution in [0.1, 0.15) is 38.4 Å². The number of H-pyrrole nitrogens is 1. The second-order valence-electron chi connectivity index (χ2n) is 9.64. The summed E-state index contributed by atoms with van der Waals surface area (Å²) >= 11 is 6.28. The van der Waals surface area contributed by atoms with Crippen molar-refractivity contribution >= 4 is 38.2 Å². The summed E-state index contributed by atoms with van der Waals surface area (Å²) < 4.78 is 23.2. The van der Waals surface area contributed by atoms with Gasteiger partial charge in [-0.05, 0) is 36.3 Å². The van der Waals surface area contributed by atoms with Crippen molar-refractivity contribution in [1.82, 2.24) is 20.0 Å². The molecule has 1 aromatic carbocycles. The molecule has 3 heterocycles. The van der Waals surface area contributed by atoms with Crippen LogP contribution in [-0.2, 0) is 14.6 Å². The van der Waals surface area contributed by atoms with Crippen molar-refractivity contribution in [1.29, 1.82) is 0 Å². The van der Waals surface area contributed by atoms with Gasteiger partial charge in [-0.25, -0.2) is 8.42 Å². The summed E-state index contributed by atoms with van der Waals surface area (Å²) in [6.45, 7) is 6.53. The van der Waals surface area contributed by atoms with Crippen molar-refractivity contribution in [3.8, 4) is 0 Å². The minimum atomic E-state index is -2.95. The van der Waals surface area contributed by atoms with Gasteiger partial charge in [0, 0.05) is 42.2 Å². The van der Waals surface area contributed by atoms with Crippen molar-refractivity contribution < 1.29 is 18.3 Å². The number of amides is 1. The first-order valence-electron chi connectivity index (χ1n) is 11.1. The van der Waals surface area contributed by atoms with E-state index >= 15 is 0 Å². The SMILES string of the molecule is CC(C)(C1CCN(C(=O)CN2CCS(=O)(=O)CC2)CC1)[C@H](O)c1cc(Cl)cc2cn[nH]c12. The lowest BCUT2D eigenvalue weighted by Crippen LogP contribution is -2.49. The molecule has 32 heavy (non-hydrogen) atoms. The molecule has 0 unspecified atom stereocenters. The number of halogens is 1. The number of aliphatic hydroxyl groups excluding tert-OH is 1. The summed E-state index contributed by atoms with van der Waals surface area (Å²) in [5.74, 6) is 0.539. The number of aromatic nitrogens is 2. The van der Waals surface area contributed by atoms with Gasteiger partial charge >= 0.3 is 0 Å². The summed E-state index contributed by atoms with van der Waals surface area (Å²) in [4.78, 5) is 16.6. The zero-order valence-corrected chi connectivity index (χ0v) is 20.1. The molecule has 0 bridgehead atoms. The number of rotatable bonds is 5. The first kappa shape index (κ1) is 23.5. The number of carbonyl (C=O) groups is 1. The number of carbonyl (C=O) groups excluding carboxylic acids is 1. The Morgan fingerprint density at radius 2 is 1.91 bits per heavy atom. The smallest absolute Gasteiger partial charge is 0.236 e. The number of hydrogen-bond donors (Lipinski definition) is 2. The molecular weight excluding hydrogens is 452 g/mol. The van der Waals surface area contributed by atoms with Crippen LogP contribution < -0.4 is 0 Å². The van der Waals surface area contributed by atoms with E-state index in [1.165, 1.54) is 0 Å². The van der Waals surface area contributed by atoms with Crippen LogP contribution in [0.4, 0.5) is 0 Å². The molecule has 1 atom stereocenters. The van der Waals surface area contributed by atoms with Gasteiger partial charge in [-0.3, -0.25) is 14.8 Å². The number of piperidine rings is 1. The van der Waals surface area contributed by atoms with E-state index in [4.69, 9.17) is 11.6 Å². The molecule has 1 aromatic heterocycles. The van der Waals surface area contributed by atoms with Crippen molar-refractivity contribution in [2.45, 2.75) is 32.8 Å². The van der Waals surface area contributed by atoms with Crippen LogP contribution in [0.15, 0.2) is 18.3 Å². The number of fused-ring (bicyclic) bond motifs is 1. The molecule has 10 heteroatoms. The van der Waals surface area contributed by atoms with E-state index in [1.807, 2.05) is 15.9 Å². The maximum absolute atomic E-state index is 12.8. The lowest BCUT2D eigenvalue weighted by atomic mass is 9.68. The van der Waals surface area contributed by atoms with Crippen LogP contribution >= 0.6 is 11.6 Å². The average Bonchev–Trinajstić information content (AvgIpc) is 3.22. The first-order chi connectivity index (χ1) is 15.1. The predicted octanol–water partition coefficient (Wildman–Crippen LogP) is 2.24. The maximum Gasteiger partial charge on any atom is 0.236 e. The van der Waals surface area contributed by atoms with Gasteiger partial charge in [0.15, 0.2) is 9.84 Å². The quantitative estimate of drug-likeness (QED) is 0.676. The molecule has 2 saturated heterocycles. The van der Waals surface area contributed by atoms with Crippen LogP contribution in [0.5, 0.6) is 0 Å². The van der Waals surface area contributed by atoms with Crippen LogP contribution in [0, 0.1) is 11.3 Å². The zero-order valence-electron chi connectivity index (χ0n) is 18.6. The molecule has 0 saturated carbocycles. The molecule has 2 fully saturated rings. The number of hydrogen-bond acceptors (Lipinski definition) is 6. The third-order valence-corrected chi connectivity index (χ3v) is 9.07. The Balaban J connectivity index is 1.37. The molecule has 2 aromatic rings. The molecule has 2 aliphatic rings. The van der Waals surface area contributed by atoms with Crippen LogP contribution in [-0.4, -0.2) is 83.7 Å². The van der Waals surface area contributed by atoms with E-state index in [0.29, 0.717) is 31.2 Å². The molecular formula is C22H31ClN4O4S. The topological polar surface area (TPSA) is 107 Å². The number of aromatic amines is 1. The highest BCUT2D eigenvalue weighted by Gasteiger charge is 2.40. The van der Waals surface area contributed by atoms with E-state index in [2.05, 4.69) is 24.0 Å². The Hall–Kier alpha value is -1.68. The minimum Gasteiger partial charge on any atom is -0.388 e. The highest BCUT2D eigenvalue weighted by atomic mass is 35.5. The van der Waals surface area contributed by atoms with Crippen molar-refractivity contribution in [3.05, 3.63) is 28.9 Å². The molecule has 0 radical (unpaired) electrons. The Bertz CT molecular complexity index is 1080. The Kier molecular flexibility index (Phi) is 6.55. The van der Waals surface area contributed by atoms with Crippen molar-refractivity contribution in [2.24, 2.45) is 11.3 Å². The van der Waals surface area contributed by atoms with Gasteiger partial charge in [-0.15, -0.1) is 0 Å². The second-order valence-corrected chi connectivity index (χ2v) is 12.4. The number of nitrogens with zero attached hydrogens (tertiary/aromatic N) is 3. The molecule has 2 N–H and O–H groups in total. The molecule has 8 nitrogen and oxygen atoms in total. The molecule has 0 spiro atoms. The van der Waals surface area contributed by atoms with Gasteiger partial charge in [-0.2, -0.15) is 5.10 Å². The zero-order chi connectivity index (χ0) is 23.1. The summed E-state index contributed by atoms with van der Waals surface area (Å²) in [7, 11) is -2.95. The number of benzene rings is 1. The van der Waals surface area contributed by atoms with Crippen molar-refractivity contribution in [2.75, 3.05) is 44.2 Å². The van der Waals surface area contributed by atoms with Crippen LogP contribution in [0.2, 0.25) is 5.02 Å². The van der Waals surface area contributed by atoms with E-state index in [-0.39, 0.29) is 29.9 Å². The number of nitrogens with one attached hydrogen (secondary N) is 1. The molecule has 4 rings (SSSR count). The largest absolute Gasteiger partial charge is 0.388 e. The van der Waals surface area contributed by atoms with Crippen LogP contribution in [0.25, 0.3) is 10.9 Å². The lowest BCUT2D eigenvalue weighted by molar-refractivity contribution is -0.135. The van der Waals surface area contributed by atoms with E-state index in [1.54, 1.807) is 12.3 Å².